The summed E-state index contributed by atoms with van der Waals surface area (Å²) in [5, 5.41) is 9.92. The zero-order valence-corrected chi connectivity index (χ0v) is 15.3. The minimum absolute atomic E-state index is 0.0347. The number of hydrogen-bond donors (Lipinski definition) is 1. The van der Waals surface area contributed by atoms with Gasteiger partial charge in [0.05, 0.1) is 31.2 Å². The van der Waals surface area contributed by atoms with E-state index in [-0.39, 0.29) is 31.1 Å². The molecule has 1 aliphatic carbocycles. The van der Waals surface area contributed by atoms with Gasteiger partial charge in [0, 0.05) is 12.8 Å². The van der Waals surface area contributed by atoms with Crippen molar-refractivity contribution in [1.29, 1.82) is 0 Å². The summed E-state index contributed by atoms with van der Waals surface area (Å²) in [6, 6.07) is -0.794. The molecule has 1 saturated heterocycles. The quantitative estimate of drug-likeness (QED) is 0.597. The highest BCUT2D eigenvalue weighted by Crippen LogP contribution is 2.57. The molecule has 140 valence electrons. The maximum Gasteiger partial charge on any atom is 0.410 e. The van der Waals surface area contributed by atoms with Crippen LogP contribution < -0.4 is 0 Å². The van der Waals surface area contributed by atoms with Crippen LogP contribution in [-0.4, -0.2) is 59.3 Å². The van der Waals surface area contributed by atoms with Crippen LogP contribution in [0.25, 0.3) is 0 Å². The summed E-state index contributed by atoms with van der Waals surface area (Å²) in [4.78, 5) is 38.5. The summed E-state index contributed by atoms with van der Waals surface area (Å²) in [7, 11) is 1.29. The molecule has 4 atom stereocenters. The van der Waals surface area contributed by atoms with Crippen LogP contribution in [0.2, 0.25) is 0 Å². The van der Waals surface area contributed by atoms with Crippen molar-refractivity contribution in [3.63, 3.8) is 0 Å². The second kappa shape index (κ2) is 6.78. The van der Waals surface area contributed by atoms with Crippen LogP contribution in [-0.2, 0) is 19.1 Å². The number of esters is 1. The van der Waals surface area contributed by atoms with Crippen LogP contribution in [0.15, 0.2) is 12.7 Å². The van der Waals surface area contributed by atoms with E-state index in [1.54, 1.807) is 26.8 Å². The van der Waals surface area contributed by atoms with Crippen LogP contribution in [0.1, 0.15) is 40.0 Å². The Morgan fingerprint density at radius 1 is 1.36 bits per heavy atom. The number of β-amino-alcohol motifs (C(OH)–C–C–N with tert-alkyl or cyclic N) is 1. The predicted octanol–water partition coefficient (Wildman–Crippen LogP) is 1.68. The minimum Gasteiger partial charge on any atom is -0.469 e. The Bertz CT molecular complexity index is 581. The van der Waals surface area contributed by atoms with Gasteiger partial charge in [-0.2, -0.15) is 0 Å². The Kier molecular flexibility index (Phi) is 5.27. The third-order valence-corrected chi connectivity index (χ3v) is 4.78. The van der Waals surface area contributed by atoms with Gasteiger partial charge in [-0.15, -0.1) is 6.58 Å². The highest BCUT2D eigenvalue weighted by molar-refractivity contribution is 5.94. The van der Waals surface area contributed by atoms with Crippen molar-refractivity contribution in [3.8, 4) is 0 Å². The Morgan fingerprint density at radius 3 is 2.48 bits per heavy atom. The van der Waals surface area contributed by atoms with Crippen LogP contribution in [0, 0.1) is 11.3 Å². The molecule has 0 radical (unpaired) electrons. The number of hydrogen-bond acceptors (Lipinski definition) is 6. The number of nitrogens with zero attached hydrogens (tertiary/aromatic N) is 1. The lowest BCUT2D eigenvalue weighted by Crippen LogP contribution is -2.44. The highest BCUT2D eigenvalue weighted by atomic mass is 16.6. The molecule has 0 aromatic heterocycles. The third-order valence-electron chi connectivity index (χ3n) is 4.78. The summed E-state index contributed by atoms with van der Waals surface area (Å²) in [6.07, 6.45) is 0.854. The van der Waals surface area contributed by atoms with E-state index >= 15 is 0 Å². The summed E-state index contributed by atoms with van der Waals surface area (Å²) in [6.45, 7) is 8.94. The maximum absolute atomic E-state index is 12.8. The maximum atomic E-state index is 12.8. The first-order valence-corrected chi connectivity index (χ1v) is 8.45. The largest absolute Gasteiger partial charge is 0.469 e. The average Bonchev–Trinajstić information content (AvgIpc) is 3.07. The molecule has 0 aromatic carbocycles. The normalized spacial score (nSPS) is 31.4. The Morgan fingerprint density at radius 2 is 2.00 bits per heavy atom. The van der Waals surface area contributed by atoms with Gasteiger partial charge in [-0.25, -0.2) is 4.79 Å². The topological polar surface area (TPSA) is 93.1 Å². The lowest BCUT2D eigenvalue weighted by atomic mass is 9.92. The Hall–Kier alpha value is -1.89. The van der Waals surface area contributed by atoms with Crippen LogP contribution in [0.4, 0.5) is 4.79 Å². The Balaban J connectivity index is 2.12. The lowest BCUT2D eigenvalue weighted by molar-refractivity contribution is -0.149. The SMILES string of the molecule is C=C[C@@H]1CC1(CC(=O)[C@@H]1C[C@@H](O)CN1C(=O)OC(C)(C)C)C(=O)OC. The van der Waals surface area contributed by atoms with Crippen LogP contribution in [0.5, 0.6) is 0 Å². The summed E-state index contributed by atoms with van der Waals surface area (Å²) in [5.74, 6) is -0.810. The molecule has 1 saturated carbocycles. The van der Waals surface area contributed by atoms with Gasteiger partial charge in [0.1, 0.15) is 5.60 Å². The van der Waals surface area contributed by atoms with E-state index in [0.29, 0.717) is 6.42 Å². The molecule has 7 nitrogen and oxygen atoms in total. The molecule has 2 fully saturated rings. The smallest absolute Gasteiger partial charge is 0.410 e. The van der Waals surface area contributed by atoms with Crippen LogP contribution in [0.3, 0.4) is 0 Å². The van der Waals surface area contributed by atoms with Gasteiger partial charge in [0.2, 0.25) is 0 Å². The molecular weight excluding hydrogens is 326 g/mol. The number of Topliss-reactive ketones (excluding diaryl/α,β-unsaturated/α-hetero) is 1. The fourth-order valence-electron chi connectivity index (χ4n) is 3.43. The number of carbonyl (C=O) groups excluding carboxylic acids is 3. The first-order valence-electron chi connectivity index (χ1n) is 8.45. The third kappa shape index (κ3) is 4.03. The minimum atomic E-state index is -0.888. The molecular formula is C18H27NO6. The lowest BCUT2D eigenvalue weighted by Gasteiger charge is -2.28. The Labute approximate surface area is 148 Å². The molecule has 0 spiro atoms. The standard InChI is InChI=1S/C18H27NO6/c1-6-11-8-18(11,15(22)24-5)9-14(21)13-7-12(20)10-19(13)16(23)25-17(2,3)4/h6,11-13,20H,1,7-10H2,2-5H3/t11-,12-,13+,18?/m1/s1. The molecule has 25 heavy (non-hydrogen) atoms. The summed E-state index contributed by atoms with van der Waals surface area (Å²) < 4.78 is 10.2. The fraction of sp³-hybridized carbons (Fsp3) is 0.722. The van der Waals surface area contributed by atoms with Gasteiger partial charge in [0.15, 0.2) is 5.78 Å². The first-order chi connectivity index (χ1) is 11.5. The number of carbonyl (C=O) groups is 3. The van der Waals surface area contributed by atoms with Crippen molar-refractivity contribution in [2.24, 2.45) is 11.3 Å². The van der Waals surface area contributed by atoms with Crippen molar-refractivity contribution < 1.29 is 29.0 Å². The predicted molar refractivity (Wildman–Crippen MR) is 89.7 cm³/mol. The van der Waals surface area contributed by atoms with Gasteiger partial charge in [-0.3, -0.25) is 14.5 Å². The van der Waals surface area contributed by atoms with E-state index in [2.05, 4.69) is 6.58 Å². The van der Waals surface area contributed by atoms with Crippen molar-refractivity contribution in [2.45, 2.75) is 57.8 Å². The fourth-order valence-corrected chi connectivity index (χ4v) is 3.43. The highest BCUT2D eigenvalue weighted by Gasteiger charge is 2.61. The van der Waals surface area contributed by atoms with Gasteiger partial charge >= 0.3 is 12.1 Å². The number of likely N-dealkylation sites (tertiary alicyclic amines) is 1. The van der Waals surface area contributed by atoms with E-state index in [0.717, 1.165) is 0 Å². The second-order valence-corrected chi connectivity index (χ2v) is 7.88. The molecule has 0 bridgehead atoms. The summed E-state index contributed by atoms with van der Waals surface area (Å²) >= 11 is 0. The van der Waals surface area contributed by atoms with Crippen molar-refractivity contribution in [2.75, 3.05) is 13.7 Å². The number of allylic oxidation sites excluding steroid dienone is 1. The molecule has 2 aliphatic rings. The zero-order chi connectivity index (χ0) is 19.0. The van der Waals surface area contributed by atoms with Crippen molar-refractivity contribution in [1.82, 2.24) is 4.90 Å². The number of aliphatic hydroxyl groups excluding tert-OH is 1. The van der Waals surface area contributed by atoms with Crippen molar-refractivity contribution in [3.05, 3.63) is 12.7 Å². The molecule has 1 amide bonds. The zero-order valence-electron chi connectivity index (χ0n) is 15.3. The average molecular weight is 353 g/mol. The van der Waals surface area contributed by atoms with Gasteiger partial charge in [-0.05, 0) is 33.1 Å². The van der Waals surface area contributed by atoms with Crippen molar-refractivity contribution >= 4 is 17.8 Å². The van der Waals surface area contributed by atoms with Gasteiger partial charge in [-0.1, -0.05) is 6.08 Å². The van der Waals surface area contributed by atoms with Crippen LogP contribution >= 0.6 is 0 Å². The molecule has 2 rings (SSSR count). The molecule has 7 heteroatoms. The number of ether oxygens (including phenoxy) is 2. The van der Waals surface area contributed by atoms with E-state index < -0.39 is 35.2 Å². The molecule has 1 unspecified atom stereocenters. The van der Waals surface area contributed by atoms with E-state index in [1.165, 1.54) is 12.0 Å². The molecule has 1 aliphatic heterocycles. The molecule has 0 aromatic rings. The van der Waals surface area contributed by atoms with E-state index in [4.69, 9.17) is 9.47 Å². The van der Waals surface area contributed by atoms with E-state index in [9.17, 15) is 19.5 Å². The van der Waals surface area contributed by atoms with Gasteiger partial charge in [0.25, 0.3) is 0 Å². The number of ketones is 1. The monoisotopic (exact) mass is 353 g/mol. The van der Waals surface area contributed by atoms with Gasteiger partial charge < -0.3 is 14.6 Å². The molecule has 1 N–H and O–H groups in total. The number of aliphatic hydroxyl groups is 1. The first kappa shape index (κ1) is 19.4. The number of amides is 1. The number of rotatable bonds is 5. The second-order valence-electron chi connectivity index (χ2n) is 7.88. The molecule has 1 heterocycles. The summed E-state index contributed by atoms with van der Waals surface area (Å²) in [5.41, 5.74) is -1.59. The van der Waals surface area contributed by atoms with E-state index in [1.807, 2.05) is 0 Å². The number of methoxy groups -OCH3 is 1.